The van der Waals surface area contributed by atoms with E-state index in [1.807, 2.05) is 0 Å². The molecule has 1 saturated heterocycles. The molecule has 2 aliphatic rings. The van der Waals surface area contributed by atoms with E-state index in [2.05, 4.69) is 4.98 Å². The van der Waals surface area contributed by atoms with Crippen LogP contribution in [0, 0.1) is 0 Å². The van der Waals surface area contributed by atoms with Crippen LogP contribution in [0.3, 0.4) is 0 Å². The zero-order valence-electron chi connectivity index (χ0n) is 19.5. The Balaban J connectivity index is 1.52. The van der Waals surface area contributed by atoms with Gasteiger partial charge in [0, 0.05) is 5.56 Å². The summed E-state index contributed by atoms with van der Waals surface area (Å²) in [7, 11) is 1.56. The number of phenolic OH excluding ortho intramolecular Hbond substituents is 1. The maximum absolute atomic E-state index is 13.4. The molecule has 3 aromatic carbocycles. The van der Waals surface area contributed by atoms with Gasteiger partial charge < -0.3 is 24.4 Å². The van der Waals surface area contributed by atoms with Crippen LogP contribution < -0.4 is 19.1 Å². The first-order valence-corrected chi connectivity index (χ1v) is 12.2. The van der Waals surface area contributed by atoms with E-state index in [1.165, 1.54) is 28.4 Å². The molecule has 37 heavy (non-hydrogen) atoms. The Kier molecular flexibility index (Phi) is 5.45. The number of Topliss-reactive ketones (excluding diaryl/α,β-unsaturated/α-hetero) is 1. The molecule has 0 saturated carbocycles. The average molecular weight is 517 g/mol. The van der Waals surface area contributed by atoms with E-state index < -0.39 is 17.7 Å². The molecule has 0 aliphatic carbocycles. The fourth-order valence-electron chi connectivity index (χ4n) is 4.47. The number of ether oxygens (including phenoxy) is 3. The number of thiazole rings is 1. The minimum absolute atomic E-state index is 0.0274. The topological polar surface area (TPSA) is 118 Å². The summed E-state index contributed by atoms with van der Waals surface area (Å²) in [6, 6.07) is 15.3. The monoisotopic (exact) mass is 516 g/mol. The van der Waals surface area contributed by atoms with Crippen molar-refractivity contribution in [1.29, 1.82) is 0 Å². The summed E-state index contributed by atoms with van der Waals surface area (Å²) in [5.41, 5.74) is 1.37. The number of aliphatic hydroxyl groups is 1. The van der Waals surface area contributed by atoms with Crippen LogP contribution in [-0.2, 0) is 9.59 Å². The summed E-state index contributed by atoms with van der Waals surface area (Å²) in [6.07, 6.45) is 0. The number of carbonyl (C=O) groups is 2. The van der Waals surface area contributed by atoms with Gasteiger partial charge in [0.2, 0.25) is 0 Å². The molecule has 10 heteroatoms. The molecule has 6 rings (SSSR count). The summed E-state index contributed by atoms with van der Waals surface area (Å²) in [6.45, 7) is 0.774. The van der Waals surface area contributed by atoms with Crippen molar-refractivity contribution in [3.8, 4) is 23.0 Å². The lowest BCUT2D eigenvalue weighted by molar-refractivity contribution is -0.132. The van der Waals surface area contributed by atoms with Crippen molar-refractivity contribution in [2.24, 2.45) is 0 Å². The van der Waals surface area contributed by atoms with Gasteiger partial charge in [-0.05, 0) is 54.1 Å². The molecular formula is C27H20N2O7S. The van der Waals surface area contributed by atoms with Gasteiger partial charge in [0.1, 0.15) is 30.5 Å². The number of aliphatic hydroxyl groups excluding tert-OH is 1. The van der Waals surface area contributed by atoms with Crippen LogP contribution >= 0.6 is 11.3 Å². The zero-order chi connectivity index (χ0) is 25.7. The Bertz CT molecular complexity index is 1590. The second-order valence-electron chi connectivity index (χ2n) is 8.45. The highest BCUT2D eigenvalue weighted by Crippen LogP contribution is 2.45. The molecule has 1 fully saturated rings. The molecule has 2 N–H and O–H groups in total. The summed E-state index contributed by atoms with van der Waals surface area (Å²) in [5, 5.41) is 21.5. The van der Waals surface area contributed by atoms with Crippen molar-refractivity contribution in [2.75, 3.05) is 25.2 Å². The van der Waals surface area contributed by atoms with Crippen molar-refractivity contribution < 1.29 is 34.0 Å². The van der Waals surface area contributed by atoms with E-state index >= 15 is 0 Å². The van der Waals surface area contributed by atoms with Crippen molar-refractivity contribution in [3.05, 3.63) is 77.4 Å². The number of aromatic hydroxyl groups is 1. The predicted molar refractivity (Wildman–Crippen MR) is 136 cm³/mol. The molecule has 1 unspecified atom stereocenters. The minimum Gasteiger partial charge on any atom is -0.508 e. The second-order valence-corrected chi connectivity index (χ2v) is 9.46. The van der Waals surface area contributed by atoms with Gasteiger partial charge in [-0.15, -0.1) is 0 Å². The fourth-order valence-corrected chi connectivity index (χ4v) is 5.49. The van der Waals surface area contributed by atoms with Gasteiger partial charge in [-0.25, -0.2) is 4.98 Å². The molecule has 9 nitrogen and oxygen atoms in total. The molecule has 0 bridgehead atoms. The van der Waals surface area contributed by atoms with Gasteiger partial charge in [0.15, 0.2) is 16.6 Å². The number of phenols is 1. The number of rotatable bonds is 4. The maximum Gasteiger partial charge on any atom is 0.301 e. The number of carbonyl (C=O) groups excluding carboxylic acids is 2. The van der Waals surface area contributed by atoms with Crippen molar-refractivity contribution >= 4 is 44.1 Å². The third-order valence-corrected chi connectivity index (χ3v) is 7.28. The Morgan fingerprint density at radius 3 is 2.54 bits per heavy atom. The Morgan fingerprint density at radius 2 is 1.78 bits per heavy atom. The van der Waals surface area contributed by atoms with Crippen LogP contribution in [-0.4, -0.2) is 47.2 Å². The summed E-state index contributed by atoms with van der Waals surface area (Å²) in [5.74, 6) is -0.378. The summed E-state index contributed by atoms with van der Waals surface area (Å²) in [4.78, 5) is 32.7. The number of amides is 1. The molecule has 0 radical (unpaired) electrons. The SMILES string of the molecule is COc1ccc2nc(N3C(=O)C(=O)/C(=C(/O)c4ccc5c(c4)OCCO5)C3c3ccc(O)cc3)sc2c1. The van der Waals surface area contributed by atoms with Gasteiger partial charge >= 0.3 is 5.91 Å². The van der Waals surface area contributed by atoms with Crippen LogP contribution in [0.1, 0.15) is 17.2 Å². The van der Waals surface area contributed by atoms with Gasteiger partial charge in [-0.2, -0.15) is 0 Å². The van der Waals surface area contributed by atoms with Crippen molar-refractivity contribution in [2.45, 2.75) is 6.04 Å². The molecule has 186 valence electrons. The zero-order valence-corrected chi connectivity index (χ0v) is 20.3. The number of nitrogens with zero attached hydrogens (tertiary/aromatic N) is 2. The van der Waals surface area contributed by atoms with Crippen LogP contribution in [0.2, 0.25) is 0 Å². The van der Waals surface area contributed by atoms with Crippen LogP contribution in [0.5, 0.6) is 23.0 Å². The number of benzene rings is 3. The highest BCUT2D eigenvalue weighted by Gasteiger charge is 2.48. The van der Waals surface area contributed by atoms with E-state index in [4.69, 9.17) is 14.2 Å². The smallest absolute Gasteiger partial charge is 0.301 e. The normalized spacial score (nSPS) is 18.4. The van der Waals surface area contributed by atoms with Gasteiger partial charge in [0.25, 0.3) is 5.78 Å². The maximum atomic E-state index is 13.4. The number of hydrogen-bond donors (Lipinski definition) is 2. The van der Waals surface area contributed by atoms with E-state index in [9.17, 15) is 19.8 Å². The van der Waals surface area contributed by atoms with E-state index in [-0.39, 0.29) is 17.1 Å². The third kappa shape index (κ3) is 3.82. The molecule has 1 atom stereocenters. The van der Waals surface area contributed by atoms with E-state index in [1.54, 1.807) is 55.6 Å². The molecule has 0 spiro atoms. The Labute approximate surface area is 214 Å². The first kappa shape index (κ1) is 22.9. The fraction of sp³-hybridized carbons (Fsp3) is 0.148. The highest BCUT2D eigenvalue weighted by atomic mass is 32.1. The van der Waals surface area contributed by atoms with Gasteiger partial charge in [-0.1, -0.05) is 23.5 Å². The Morgan fingerprint density at radius 1 is 1.03 bits per heavy atom. The number of ketones is 1. The van der Waals surface area contributed by atoms with Crippen LogP contribution in [0.25, 0.3) is 16.0 Å². The number of aromatic nitrogens is 1. The lowest BCUT2D eigenvalue weighted by Gasteiger charge is -2.23. The summed E-state index contributed by atoms with van der Waals surface area (Å²) >= 11 is 1.23. The lowest BCUT2D eigenvalue weighted by Crippen LogP contribution is -2.29. The standard InChI is InChI=1S/C27H20N2O7S/c1-34-17-7-8-18-21(13-17)37-27(28-18)29-23(14-2-5-16(30)6-3-14)22(25(32)26(29)33)24(31)15-4-9-19-20(12-15)36-11-10-35-19/h2-9,12-13,23,30-31H,10-11H2,1H3/b24-22+. The number of hydrogen-bond acceptors (Lipinski definition) is 9. The second kappa shape index (κ2) is 8.82. The quantitative estimate of drug-likeness (QED) is 0.233. The van der Waals surface area contributed by atoms with E-state index in [0.717, 1.165) is 4.70 Å². The molecule has 1 amide bonds. The minimum atomic E-state index is -0.976. The van der Waals surface area contributed by atoms with Gasteiger partial charge in [-0.3, -0.25) is 14.5 Å². The lowest BCUT2D eigenvalue weighted by atomic mass is 9.95. The number of anilines is 1. The molecular weight excluding hydrogens is 496 g/mol. The molecule has 1 aromatic heterocycles. The van der Waals surface area contributed by atoms with Crippen molar-refractivity contribution in [3.63, 3.8) is 0 Å². The van der Waals surface area contributed by atoms with Crippen LogP contribution in [0.4, 0.5) is 5.13 Å². The first-order valence-electron chi connectivity index (χ1n) is 11.4. The summed E-state index contributed by atoms with van der Waals surface area (Å²) < 4.78 is 17.2. The van der Waals surface area contributed by atoms with Crippen LogP contribution in [0.15, 0.2) is 66.2 Å². The number of methoxy groups -OCH3 is 1. The van der Waals surface area contributed by atoms with Gasteiger partial charge in [0.05, 0.1) is 28.9 Å². The number of fused-ring (bicyclic) bond motifs is 2. The molecule has 3 heterocycles. The third-order valence-electron chi connectivity index (χ3n) is 6.26. The van der Waals surface area contributed by atoms with Crippen molar-refractivity contribution in [1.82, 2.24) is 4.98 Å². The average Bonchev–Trinajstić information content (AvgIpc) is 3.46. The van der Waals surface area contributed by atoms with E-state index in [0.29, 0.717) is 52.2 Å². The first-order chi connectivity index (χ1) is 17.9. The highest BCUT2D eigenvalue weighted by molar-refractivity contribution is 7.22. The Hall–Kier alpha value is -4.57. The molecule has 4 aromatic rings. The largest absolute Gasteiger partial charge is 0.508 e. The molecule has 2 aliphatic heterocycles. The predicted octanol–water partition coefficient (Wildman–Crippen LogP) is 4.41.